The first kappa shape index (κ1) is 14.9. The van der Waals surface area contributed by atoms with Crippen LogP contribution in [0, 0.1) is 0 Å². The Balaban J connectivity index is 2.23. The standard InChI is InChI=1S/C14H8BrFN2O3S/c15-9-4-5-12-11(7-9)14(19)18-13(17-12)8-2-1-3-10(6-8)22(16,20)21/h1-7H,(H,17,18,19). The molecule has 0 bridgehead atoms. The fraction of sp³-hybridized carbons (Fsp3) is 0. The van der Waals surface area contributed by atoms with Gasteiger partial charge in [-0.1, -0.05) is 28.1 Å². The lowest BCUT2D eigenvalue weighted by Crippen LogP contribution is -2.09. The van der Waals surface area contributed by atoms with Gasteiger partial charge in [0, 0.05) is 10.0 Å². The van der Waals surface area contributed by atoms with E-state index in [-0.39, 0.29) is 11.4 Å². The minimum atomic E-state index is -4.82. The number of aromatic amines is 1. The van der Waals surface area contributed by atoms with Gasteiger partial charge in [0.2, 0.25) is 0 Å². The molecule has 2 aromatic carbocycles. The summed E-state index contributed by atoms with van der Waals surface area (Å²) < 4.78 is 35.7. The first-order valence-corrected chi connectivity index (χ1v) is 8.27. The third kappa shape index (κ3) is 2.79. The summed E-state index contributed by atoms with van der Waals surface area (Å²) in [5.41, 5.74) is 0.394. The minimum Gasteiger partial charge on any atom is -0.306 e. The third-order valence-electron chi connectivity index (χ3n) is 3.06. The van der Waals surface area contributed by atoms with Crippen molar-refractivity contribution in [1.29, 1.82) is 0 Å². The molecule has 3 rings (SSSR count). The predicted octanol–water partition coefficient (Wildman–Crippen LogP) is 3.01. The molecule has 0 saturated carbocycles. The molecule has 1 heterocycles. The maximum atomic E-state index is 13.1. The Morgan fingerprint density at radius 1 is 1.14 bits per heavy atom. The van der Waals surface area contributed by atoms with Crippen molar-refractivity contribution in [2.24, 2.45) is 0 Å². The molecule has 22 heavy (non-hydrogen) atoms. The second-order valence-corrected chi connectivity index (χ2v) is 6.80. The van der Waals surface area contributed by atoms with E-state index in [1.807, 2.05) is 0 Å². The van der Waals surface area contributed by atoms with Crippen molar-refractivity contribution in [3.63, 3.8) is 0 Å². The Morgan fingerprint density at radius 3 is 2.64 bits per heavy atom. The summed E-state index contributed by atoms with van der Waals surface area (Å²) in [4.78, 5) is 18.5. The van der Waals surface area contributed by atoms with E-state index in [0.717, 1.165) is 16.6 Å². The average molecular weight is 383 g/mol. The van der Waals surface area contributed by atoms with Crippen LogP contribution >= 0.6 is 15.9 Å². The Kier molecular flexibility index (Phi) is 3.57. The van der Waals surface area contributed by atoms with E-state index in [4.69, 9.17) is 0 Å². The van der Waals surface area contributed by atoms with Crippen molar-refractivity contribution in [2.45, 2.75) is 4.90 Å². The van der Waals surface area contributed by atoms with Gasteiger partial charge in [0.1, 0.15) is 5.82 Å². The van der Waals surface area contributed by atoms with Crippen LogP contribution in [0.3, 0.4) is 0 Å². The van der Waals surface area contributed by atoms with E-state index in [2.05, 4.69) is 25.9 Å². The Labute approximate surface area is 133 Å². The van der Waals surface area contributed by atoms with Crippen molar-refractivity contribution in [1.82, 2.24) is 9.97 Å². The van der Waals surface area contributed by atoms with Crippen molar-refractivity contribution < 1.29 is 12.3 Å². The molecule has 0 radical (unpaired) electrons. The van der Waals surface area contributed by atoms with Crippen LogP contribution in [-0.2, 0) is 10.2 Å². The van der Waals surface area contributed by atoms with Crippen LogP contribution in [0.25, 0.3) is 22.3 Å². The van der Waals surface area contributed by atoms with Gasteiger partial charge in [-0.05, 0) is 30.3 Å². The van der Waals surface area contributed by atoms with E-state index in [0.29, 0.717) is 16.5 Å². The fourth-order valence-corrected chi connectivity index (χ4v) is 2.91. The molecule has 0 atom stereocenters. The first-order chi connectivity index (χ1) is 10.3. The second kappa shape index (κ2) is 5.29. The van der Waals surface area contributed by atoms with Gasteiger partial charge in [-0.25, -0.2) is 4.98 Å². The lowest BCUT2D eigenvalue weighted by Gasteiger charge is -2.04. The highest BCUT2D eigenvalue weighted by Gasteiger charge is 2.14. The molecule has 112 valence electrons. The van der Waals surface area contributed by atoms with Gasteiger partial charge in [0.25, 0.3) is 5.56 Å². The zero-order valence-corrected chi connectivity index (χ0v) is 13.3. The fourth-order valence-electron chi connectivity index (χ4n) is 2.04. The second-order valence-electron chi connectivity index (χ2n) is 4.54. The molecule has 8 heteroatoms. The number of benzene rings is 2. The molecule has 0 unspecified atom stereocenters. The number of H-pyrrole nitrogens is 1. The maximum Gasteiger partial charge on any atom is 0.332 e. The zero-order valence-electron chi connectivity index (χ0n) is 10.9. The molecule has 0 aliphatic heterocycles. The molecular weight excluding hydrogens is 375 g/mol. The minimum absolute atomic E-state index is 0.172. The number of nitrogens with one attached hydrogen (secondary N) is 1. The van der Waals surface area contributed by atoms with Gasteiger partial charge in [0.05, 0.1) is 15.8 Å². The van der Waals surface area contributed by atoms with E-state index < -0.39 is 15.1 Å². The highest BCUT2D eigenvalue weighted by molar-refractivity contribution is 9.10. The molecule has 0 fully saturated rings. The summed E-state index contributed by atoms with van der Waals surface area (Å²) in [6, 6.07) is 10.2. The maximum absolute atomic E-state index is 13.1. The average Bonchev–Trinajstić information content (AvgIpc) is 2.47. The number of hydrogen-bond acceptors (Lipinski definition) is 4. The van der Waals surface area contributed by atoms with Crippen molar-refractivity contribution in [2.75, 3.05) is 0 Å². The third-order valence-corrected chi connectivity index (χ3v) is 4.37. The molecule has 0 aliphatic rings. The summed E-state index contributed by atoms with van der Waals surface area (Å²) in [5.74, 6) is 0.172. The summed E-state index contributed by atoms with van der Waals surface area (Å²) in [5, 5.41) is 0.396. The van der Waals surface area contributed by atoms with Gasteiger partial charge < -0.3 is 4.98 Å². The molecule has 0 saturated heterocycles. The van der Waals surface area contributed by atoms with Gasteiger partial charge in [-0.2, -0.15) is 8.42 Å². The number of rotatable bonds is 2. The summed E-state index contributed by atoms with van der Waals surface area (Å²) in [6.45, 7) is 0. The smallest absolute Gasteiger partial charge is 0.306 e. The molecule has 0 spiro atoms. The predicted molar refractivity (Wildman–Crippen MR) is 83.8 cm³/mol. The monoisotopic (exact) mass is 382 g/mol. The normalized spacial score (nSPS) is 11.7. The van der Waals surface area contributed by atoms with Crippen molar-refractivity contribution in [3.05, 3.63) is 57.3 Å². The number of aromatic nitrogens is 2. The molecule has 1 aromatic heterocycles. The largest absolute Gasteiger partial charge is 0.332 e. The Bertz CT molecular complexity index is 1050. The quantitative estimate of drug-likeness (QED) is 0.690. The van der Waals surface area contributed by atoms with Crippen molar-refractivity contribution >= 4 is 37.1 Å². The Morgan fingerprint density at radius 2 is 1.91 bits per heavy atom. The van der Waals surface area contributed by atoms with Gasteiger partial charge in [0.15, 0.2) is 0 Å². The van der Waals surface area contributed by atoms with Crippen LogP contribution < -0.4 is 5.56 Å². The van der Waals surface area contributed by atoms with Crippen LogP contribution in [0.2, 0.25) is 0 Å². The SMILES string of the molecule is O=c1[nH]c(-c2cccc(S(=O)(=O)F)c2)nc2ccc(Br)cc12. The number of fused-ring (bicyclic) bond motifs is 1. The zero-order chi connectivity index (χ0) is 15.9. The number of nitrogens with zero attached hydrogens (tertiary/aromatic N) is 1. The molecular formula is C14H8BrFN2O3S. The van der Waals surface area contributed by atoms with Gasteiger partial charge in [-0.15, -0.1) is 3.89 Å². The van der Waals surface area contributed by atoms with Crippen LogP contribution in [-0.4, -0.2) is 18.4 Å². The topological polar surface area (TPSA) is 79.9 Å². The van der Waals surface area contributed by atoms with Gasteiger partial charge >= 0.3 is 10.2 Å². The van der Waals surface area contributed by atoms with E-state index in [9.17, 15) is 17.1 Å². The number of halogens is 2. The molecule has 0 aliphatic carbocycles. The summed E-state index contributed by atoms with van der Waals surface area (Å²) >= 11 is 3.27. The molecule has 0 amide bonds. The lowest BCUT2D eigenvalue weighted by atomic mass is 10.2. The van der Waals surface area contributed by atoms with Crippen LogP contribution in [0.1, 0.15) is 0 Å². The summed E-state index contributed by atoms with van der Waals surface area (Å²) in [7, 11) is -4.82. The van der Waals surface area contributed by atoms with Crippen LogP contribution in [0.4, 0.5) is 3.89 Å². The molecule has 3 aromatic rings. The van der Waals surface area contributed by atoms with Crippen LogP contribution in [0.5, 0.6) is 0 Å². The molecule has 1 N–H and O–H groups in total. The van der Waals surface area contributed by atoms with Crippen LogP contribution in [0.15, 0.2) is 56.6 Å². The molecule has 5 nitrogen and oxygen atoms in total. The van der Waals surface area contributed by atoms with E-state index in [1.165, 1.54) is 12.1 Å². The summed E-state index contributed by atoms with van der Waals surface area (Å²) in [6.07, 6.45) is 0. The number of hydrogen-bond donors (Lipinski definition) is 1. The van der Waals surface area contributed by atoms with Crippen molar-refractivity contribution in [3.8, 4) is 11.4 Å². The Hall–Kier alpha value is -2.06. The lowest BCUT2D eigenvalue weighted by molar-refractivity contribution is 0.552. The highest BCUT2D eigenvalue weighted by atomic mass is 79.9. The first-order valence-electron chi connectivity index (χ1n) is 6.09. The van der Waals surface area contributed by atoms with E-state index in [1.54, 1.807) is 18.2 Å². The van der Waals surface area contributed by atoms with Gasteiger partial charge in [-0.3, -0.25) is 4.79 Å². The highest BCUT2D eigenvalue weighted by Crippen LogP contribution is 2.22. The van der Waals surface area contributed by atoms with E-state index >= 15 is 0 Å².